The van der Waals surface area contributed by atoms with E-state index in [1.165, 1.54) is 0 Å². The minimum atomic E-state index is -1.89. The Bertz CT molecular complexity index is 383. The Balaban J connectivity index is 2.16. The standard InChI is InChI=1S/C14H26O4Si/c1-13(2,3)19(5,6)18-10-8-14(4,16)12-9(10)7-11(15)17-12/h9-10,12,16H,7-8H2,1-6H3/t9-,10-,12-,14-/m1/s1. The van der Waals surface area contributed by atoms with Gasteiger partial charge in [-0.25, -0.2) is 0 Å². The summed E-state index contributed by atoms with van der Waals surface area (Å²) >= 11 is 0. The van der Waals surface area contributed by atoms with Gasteiger partial charge in [0.15, 0.2) is 8.32 Å². The molecule has 1 saturated carbocycles. The maximum atomic E-state index is 11.5. The number of hydrogen-bond acceptors (Lipinski definition) is 4. The van der Waals surface area contributed by atoms with Crippen molar-refractivity contribution in [1.82, 2.24) is 0 Å². The van der Waals surface area contributed by atoms with Crippen LogP contribution in [0.25, 0.3) is 0 Å². The molecule has 110 valence electrons. The molecular formula is C14H26O4Si. The SMILES string of the molecule is CC(C)(C)[Si](C)(C)O[C@@H]1C[C@@](C)(O)[C@@H]2OC(=O)C[C@@H]21. The molecule has 4 atom stereocenters. The van der Waals surface area contributed by atoms with Crippen molar-refractivity contribution in [3.05, 3.63) is 0 Å². The third kappa shape index (κ3) is 2.60. The van der Waals surface area contributed by atoms with E-state index >= 15 is 0 Å². The van der Waals surface area contributed by atoms with Crippen LogP contribution >= 0.6 is 0 Å². The largest absolute Gasteiger partial charge is 0.459 e. The average Bonchev–Trinajstić information content (AvgIpc) is 2.65. The van der Waals surface area contributed by atoms with Gasteiger partial charge in [-0.2, -0.15) is 0 Å². The van der Waals surface area contributed by atoms with E-state index in [4.69, 9.17) is 9.16 Å². The minimum Gasteiger partial charge on any atom is -0.459 e. The fourth-order valence-corrected chi connectivity index (χ4v) is 4.22. The Morgan fingerprint density at radius 2 is 2.00 bits per heavy atom. The molecule has 0 bridgehead atoms. The molecule has 1 heterocycles. The molecule has 0 amide bonds. The Morgan fingerprint density at radius 1 is 1.42 bits per heavy atom. The van der Waals surface area contributed by atoms with E-state index in [0.717, 1.165) is 0 Å². The Kier molecular flexibility index (Phi) is 3.40. The van der Waals surface area contributed by atoms with E-state index in [1.54, 1.807) is 6.92 Å². The van der Waals surface area contributed by atoms with Crippen LogP contribution in [-0.4, -0.2) is 37.2 Å². The lowest BCUT2D eigenvalue weighted by Gasteiger charge is -2.39. The van der Waals surface area contributed by atoms with Crippen LogP contribution < -0.4 is 0 Å². The van der Waals surface area contributed by atoms with Gasteiger partial charge in [-0.1, -0.05) is 20.8 Å². The molecule has 2 aliphatic rings. The molecule has 0 radical (unpaired) electrons. The van der Waals surface area contributed by atoms with Crippen molar-refractivity contribution in [2.24, 2.45) is 5.92 Å². The quantitative estimate of drug-likeness (QED) is 0.626. The molecule has 0 aromatic rings. The first kappa shape index (κ1) is 15.0. The first-order chi connectivity index (χ1) is 8.44. The van der Waals surface area contributed by atoms with E-state index in [9.17, 15) is 9.90 Å². The first-order valence-electron chi connectivity index (χ1n) is 7.04. The van der Waals surface area contributed by atoms with Gasteiger partial charge >= 0.3 is 5.97 Å². The number of fused-ring (bicyclic) bond motifs is 1. The molecule has 19 heavy (non-hydrogen) atoms. The van der Waals surface area contributed by atoms with Crippen molar-refractivity contribution in [2.75, 3.05) is 0 Å². The van der Waals surface area contributed by atoms with Gasteiger partial charge in [0, 0.05) is 12.3 Å². The van der Waals surface area contributed by atoms with Crippen molar-refractivity contribution in [3.63, 3.8) is 0 Å². The molecule has 0 unspecified atom stereocenters. The molecule has 4 nitrogen and oxygen atoms in total. The predicted octanol–water partition coefficient (Wildman–Crippen LogP) is 2.46. The van der Waals surface area contributed by atoms with Crippen LogP contribution in [0.2, 0.25) is 18.1 Å². The fraction of sp³-hybridized carbons (Fsp3) is 0.929. The van der Waals surface area contributed by atoms with Gasteiger partial charge < -0.3 is 14.3 Å². The number of ether oxygens (including phenoxy) is 1. The van der Waals surface area contributed by atoms with Crippen molar-refractivity contribution in [2.45, 2.75) is 76.5 Å². The van der Waals surface area contributed by atoms with Gasteiger partial charge in [0.2, 0.25) is 0 Å². The van der Waals surface area contributed by atoms with E-state index in [0.29, 0.717) is 12.8 Å². The van der Waals surface area contributed by atoms with Crippen LogP contribution in [-0.2, 0) is 14.0 Å². The monoisotopic (exact) mass is 286 g/mol. The van der Waals surface area contributed by atoms with Gasteiger partial charge in [-0.15, -0.1) is 0 Å². The van der Waals surface area contributed by atoms with E-state index in [2.05, 4.69) is 33.9 Å². The van der Waals surface area contributed by atoms with Crippen molar-refractivity contribution in [1.29, 1.82) is 0 Å². The number of carbonyl (C=O) groups excluding carboxylic acids is 1. The average molecular weight is 286 g/mol. The topological polar surface area (TPSA) is 55.8 Å². The lowest BCUT2D eigenvalue weighted by atomic mass is 9.98. The highest BCUT2D eigenvalue weighted by molar-refractivity contribution is 6.74. The summed E-state index contributed by atoms with van der Waals surface area (Å²) in [6.45, 7) is 12.7. The number of esters is 1. The second kappa shape index (κ2) is 4.30. The van der Waals surface area contributed by atoms with Gasteiger partial charge in [0.05, 0.1) is 12.5 Å². The molecule has 1 saturated heterocycles. The van der Waals surface area contributed by atoms with E-state index < -0.39 is 20.0 Å². The van der Waals surface area contributed by atoms with Crippen LogP contribution in [0.3, 0.4) is 0 Å². The summed E-state index contributed by atoms with van der Waals surface area (Å²) in [5.41, 5.74) is -0.955. The fourth-order valence-electron chi connectivity index (χ4n) is 2.85. The van der Waals surface area contributed by atoms with E-state index in [1.807, 2.05) is 0 Å². The molecule has 1 aliphatic heterocycles. The second-order valence-electron chi connectivity index (χ2n) is 7.76. The van der Waals surface area contributed by atoms with Crippen LogP contribution in [0.15, 0.2) is 0 Å². The zero-order valence-corrected chi connectivity index (χ0v) is 13.8. The van der Waals surface area contributed by atoms with Gasteiger partial charge in [-0.05, 0) is 25.1 Å². The maximum absolute atomic E-state index is 11.5. The first-order valence-corrected chi connectivity index (χ1v) is 9.94. The molecule has 1 aliphatic carbocycles. The molecule has 5 heteroatoms. The smallest absolute Gasteiger partial charge is 0.306 e. The van der Waals surface area contributed by atoms with Gasteiger partial charge in [0.25, 0.3) is 0 Å². The number of aliphatic hydroxyl groups is 1. The highest BCUT2D eigenvalue weighted by atomic mass is 28.4. The van der Waals surface area contributed by atoms with Crippen LogP contribution in [0.5, 0.6) is 0 Å². The Hall–Kier alpha value is -0.393. The predicted molar refractivity (Wildman–Crippen MR) is 75.3 cm³/mol. The third-order valence-electron chi connectivity index (χ3n) is 5.01. The zero-order chi connectivity index (χ0) is 14.6. The molecule has 1 N–H and O–H groups in total. The highest BCUT2D eigenvalue weighted by Gasteiger charge is 2.58. The number of carbonyl (C=O) groups is 1. The summed E-state index contributed by atoms with van der Waals surface area (Å²) in [6, 6.07) is 0. The lowest BCUT2D eigenvalue weighted by Crippen LogP contribution is -2.45. The van der Waals surface area contributed by atoms with Crippen LogP contribution in [0, 0.1) is 5.92 Å². The zero-order valence-electron chi connectivity index (χ0n) is 12.8. The van der Waals surface area contributed by atoms with Crippen LogP contribution in [0.1, 0.15) is 40.5 Å². The van der Waals surface area contributed by atoms with Crippen molar-refractivity contribution in [3.8, 4) is 0 Å². The van der Waals surface area contributed by atoms with E-state index in [-0.39, 0.29) is 23.0 Å². The summed E-state index contributed by atoms with van der Waals surface area (Å²) in [5.74, 6) is -0.199. The third-order valence-corrected chi connectivity index (χ3v) is 9.51. The highest BCUT2D eigenvalue weighted by Crippen LogP contribution is 2.47. The van der Waals surface area contributed by atoms with Crippen molar-refractivity contribution < 1.29 is 19.1 Å². The molecule has 0 aromatic heterocycles. The molecule has 2 fully saturated rings. The summed E-state index contributed by atoms with van der Waals surface area (Å²) in [4.78, 5) is 11.5. The van der Waals surface area contributed by atoms with Gasteiger partial charge in [0.1, 0.15) is 11.7 Å². The molecule has 2 rings (SSSR count). The Labute approximate surface area is 116 Å². The molecule has 0 spiro atoms. The molecular weight excluding hydrogens is 260 g/mol. The summed E-state index contributed by atoms with van der Waals surface area (Å²) in [6.07, 6.45) is 0.476. The van der Waals surface area contributed by atoms with Crippen molar-refractivity contribution >= 4 is 14.3 Å². The summed E-state index contributed by atoms with van der Waals surface area (Å²) < 4.78 is 11.7. The molecule has 0 aromatic carbocycles. The van der Waals surface area contributed by atoms with Crippen LogP contribution in [0.4, 0.5) is 0 Å². The Morgan fingerprint density at radius 3 is 2.53 bits per heavy atom. The summed E-state index contributed by atoms with van der Waals surface area (Å²) in [5, 5.41) is 10.5. The second-order valence-corrected chi connectivity index (χ2v) is 12.5. The number of rotatable bonds is 2. The minimum absolute atomic E-state index is 0.0108. The lowest BCUT2D eigenvalue weighted by molar-refractivity contribution is -0.150. The normalized spacial score (nSPS) is 39.3. The number of hydrogen-bond donors (Lipinski definition) is 1. The summed E-state index contributed by atoms with van der Waals surface area (Å²) in [7, 11) is -1.89. The van der Waals surface area contributed by atoms with Gasteiger partial charge in [-0.3, -0.25) is 4.79 Å². The maximum Gasteiger partial charge on any atom is 0.306 e.